The number of benzene rings is 1. The highest BCUT2D eigenvalue weighted by atomic mass is 16.6. The monoisotopic (exact) mass is 262 g/mol. The SMILES string of the molecule is NC1=NN2C(N)C1N2Nc1ccc2c(c1)OCCO2. The third kappa shape index (κ3) is 1.44. The van der Waals surface area contributed by atoms with Crippen LogP contribution in [-0.4, -0.2) is 41.5 Å². The van der Waals surface area contributed by atoms with Crippen LogP contribution in [-0.2, 0) is 0 Å². The van der Waals surface area contributed by atoms with Crippen molar-refractivity contribution in [3.63, 3.8) is 0 Å². The van der Waals surface area contributed by atoms with Gasteiger partial charge in [0.05, 0.1) is 5.69 Å². The molecular formula is C11H14N6O2. The number of hydrazine groups is 2. The molecule has 5 N–H and O–H groups in total. The minimum atomic E-state index is -0.176. The van der Waals surface area contributed by atoms with E-state index < -0.39 is 0 Å². The highest BCUT2D eigenvalue weighted by Gasteiger charge is 2.53. The first-order valence-corrected chi connectivity index (χ1v) is 6.08. The van der Waals surface area contributed by atoms with E-state index in [1.165, 1.54) is 0 Å². The number of ether oxygens (including phenoxy) is 2. The smallest absolute Gasteiger partial charge is 0.163 e. The Morgan fingerprint density at radius 2 is 2.05 bits per heavy atom. The summed E-state index contributed by atoms with van der Waals surface area (Å²) in [5.74, 6) is 2.02. The van der Waals surface area contributed by atoms with Gasteiger partial charge in [-0.15, -0.1) is 10.2 Å². The van der Waals surface area contributed by atoms with Gasteiger partial charge in [-0.05, 0) is 12.1 Å². The zero-order valence-electron chi connectivity index (χ0n) is 10.1. The molecule has 2 unspecified atom stereocenters. The number of hydrogen-bond donors (Lipinski definition) is 3. The Morgan fingerprint density at radius 3 is 2.74 bits per heavy atom. The number of hydrazone groups is 1. The van der Waals surface area contributed by atoms with Crippen molar-refractivity contribution in [3.05, 3.63) is 18.2 Å². The molecule has 1 aromatic carbocycles. The van der Waals surface area contributed by atoms with Crippen molar-refractivity contribution in [3.8, 4) is 11.5 Å². The van der Waals surface area contributed by atoms with Gasteiger partial charge in [0.2, 0.25) is 0 Å². The van der Waals surface area contributed by atoms with Crippen LogP contribution in [0.3, 0.4) is 0 Å². The molecule has 2 bridgehead atoms. The lowest BCUT2D eigenvalue weighted by Crippen LogP contribution is -2.72. The van der Waals surface area contributed by atoms with Crippen LogP contribution in [0.15, 0.2) is 23.3 Å². The third-order valence-corrected chi connectivity index (χ3v) is 3.38. The number of rotatable bonds is 2. The van der Waals surface area contributed by atoms with Gasteiger partial charge < -0.3 is 20.9 Å². The summed E-state index contributed by atoms with van der Waals surface area (Å²) >= 11 is 0. The molecule has 0 saturated carbocycles. The van der Waals surface area contributed by atoms with Gasteiger partial charge in [0, 0.05) is 6.07 Å². The van der Waals surface area contributed by atoms with E-state index in [2.05, 4.69) is 10.5 Å². The van der Waals surface area contributed by atoms with Crippen molar-refractivity contribution in [2.45, 2.75) is 12.2 Å². The Labute approximate surface area is 109 Å². The molecule has 1 fully saturated rings. The molecule has 0 spiro atoms. The fourth-order valence-corrected chi connectivity index (χ4v) is 2.43. The Bertz CT molecular complexity index is 562. The summed E-state index contributed by atoms with van der Waals surface area (Å²) in [5.41, 5.74) is 15.7. The molecule has 4 heterocycles. The molecule has 0 radical (unpaired) electrons. The molecule has 4 aliphatic heterocycles. The summed E-state index contributed by atoms with van der Waals surface area (Å²) in [7, 11) is 0. The third-order valence-electron chi connectivity index (χ3n) is 3.38. The molecule has 5 rings (SSSR count). The first-order valence-electron chi connectivity index (χ1n) is 6.08. The molecule has 8 heteroatoms. The predicted molar refractivity (Wildman–Crippen MR) is 68.1 cm³/mol. The van der Waals surface area contributed by atoms with Crippen LogP contribution < -0.4 is 26.4 Å². The highest BCUT2D eigenvalue weighted by Crippen LogP contribution is 2.35. The molecule has 2 atom stereocenters. The summed E-state index contributed by atoms with van der Waals surface area (Å²) in [4.78, 5) is 0. The fraction of sp³-hybridized carbons (Fsp3) is 0.364. The second kappa shape index (κ2) is 3.65. The van der Waals surface area contributed by atoms with Crippen LogP contribution in [0, 0.1) is 0 Å². The summed E-state index contributed by atoms with van der Waals surface area (Å²) < 4.78 is 11.0. The number of nitrogens with one attached hydrogen (secondary N) is 1. The maximum atomic E-state index is 5.88. The van der Waals surface area contributed by atoms with E-state index in [1.54, 1.807) is 10.2 Å². The van der Waals surface area contributed by atoms with Crippen LogP contribution >= 0.6 is 0 Å². The lowest BCUT2D eigenvalue weighted by atomic mass is 10.2. The topological polar surface area (TPSA) is 101 Å². The van der Waals surface area contributed by atoms with Gasteiger partial charge in [-0.3, -0.25) is 5.43 Å². The molecular weight excluding hydrogens is 248 g/mol. The maximum Gasteiger partial charge on any atom is 0.163 e. The number of hydrogen-bond acceptors (Lipinski definition) is 8. The number of nitrogens with two attached hydrogens (primary N) is 2. The molecule has 0 aliphatic carbocycles. The van der Waals surface area contributed by atoms with Crippen molar-refractivity contribution >= 4 is 11.5 Å². The van der Waals surface area contributed by atoms with Crippen LogP contribution in [0.2, 0.25) is 0 Å². The second-order valence-electron chi connectivity index (χ2n) is 4.60. The maximum absolute atomic E-state index is 5.88. The summed E-state index contributed by atoms with van der Waals surface area (Å²) in [6, 6.07) is 5.58. The quantitative estimate of drug-likeness (QED) is 0.645. The number of amidine groups is 1. The van der Waals surface area contributed by atoms with Gasteiger partial charge in [-0.2, -0.15) is 5.12 Å². The zero-order valence-corrected chi connectivity index (χ0v) is 10.1. The molecule has 1 aromatic rings. The lowest BCUT2D eigenvalue weighted by molar-refractivity contribution is -0.143. The van der Waals surface area contributed by atoms with Crippen LogP contribution in [0.4, 0.5) is 5.69 Å². The first kappa shape index (κ1) is 10.7. The normalized spacial score (nSPS) is 27.8. The van der Waals surface area contributed by atoms with Crippen molar-refractivity contribution in [2.75, 3.05) is 18.6 Å². The predicted octanol–water partition coefficient (Wildman–Crippen LogP) is -0.744. The van der Waals surface area contributed by atoms with E-state index in [4.69, 9.17) is 20.9 Å². The van der Waals surface area contributed by atoms with E-state index in [0.29, 0.717) is 19.0 Å². The van der Waals surface area contributed by atoms with Crippen molar-refractivity contribution < 1.29 is 9.47 Å². The fourth-order valence-electron chi connectivity index (χ4n) is 2.43. The van der Waals surface area contributed by atoms with E-state index >= 15 is 0 Å². The number of nitrogens with zero attached hydrogens (tertiary/aromatic N) is 3. The molecule has 8 nitrogen and oxygen atoms in total. The molecule has 19 heavy (non-hydrogen) atoms. The van der Waals surface area contributed by atoms with E-state index in [-0.39, 0.29) is 12.2 Å². The summed E-state index contributed by atoms with van der Waals surface area (Å²) in [5, 5.41) is 7.54. The molecule has 100 valence electrons. The number of fused-ring (bicyclic) bond motifs is 1. The van der Waals surface area contributed by atoms with Crippen LogP contribution in [0.5, 0.6) is 11.5 Å². The average molecular weight is 262 g/mol. The standard InChI is InChI=1S/C11H14N6O2/c12-10-9-11(13)17(15-10)16(9)14-6-1-2-7-8(5-6)19-4-3-18-7/h1-2,5,9,11,14H,3-4,13H2,(H2,12,15). The van der Waals surface area contributed by atoms with Gasteiger partial charge in [-0.25, -0.2) is 0 Å². The largest absolute Gasteiger partial charge is 0.486 e. The Balaban J connectivity index is 1.53. The number of anilines is 1. The Hall–Kier alpha value is -2.19. The van der Waals surface area contributed by atoms with E-state index in [1.807, 2.05) is 18.2 Å². The van der Waals surface area contributed by atoms with E-state index in [0.717, 1.165) is 17.2 Å². The van der Waals surface area contributed by atoms with Crippen LogP contribution in [0.1, 0.15) is 0 Å². The van der Waals surface area contributed by atoms with E-state index in [9.17, 15) is 0 Å². The van der Waals surface area contributed by atoms with Gasteiger partial charge >= 0.3 is 0 Å². The van der Waals surface area contributed by atoms with Gasteiger partial charge in [0.1, 0.15) is 31.3 Å². The first-order chi connectivity index (χ1) is 9.24. The van der Waals surface area contributed by atoms with Crippen LogP contribution in [0.25, 0.3) is 0 Å². The average Bonchev–Trinajstić information content (AvgIpc) is 2.92. The van der Waals surface area contributed by atoms with Crippen molar-refractivity contribution in [2.24, 2.45) is 16.6 Å². The minimum Gasteiger partial charge on any atom is -0.486 e. The lowest BCUT2D eigenvalue weighted by Gasteiger charge is -2.46. The summed E-state index contributed by atoms with van der Waals surface area (Å²) in [6.07, 6.45) is -0.176. The molecule has 4 aliphatic rings. The van der Waals surface area contributed by atoms with Gasteiger partial charge in [-0.1, -0.05) is 0 Å². The molecule has 0 aromatic heterocycles. The minimum absolute atomic E-state index is 0.0896. The highest BCUT2D eigenvalue weighted by molar-refractivity contribution is 5.89. The second-order valence-corrected chi connectivity index (χ2v) is 4.60. The summed E-state index contributed by atoms with van der Waals surface area (Å²) in [6.45, 7) is 1.15. The molecule has 0 amide bonds. The van der Waals surface area contributed by atoms with Crippen molar-refractivity contribution in [1.29, 1.82) is 0 Å². The Morgan fingerprint density at radius 1 is 1.26 bits per heavy atom. The van der Waals surface area contributed by atoms with Gasteiger partial charge in [0.15, 0.2) is 11.5 Å². The Kier molecular flexibility index (Phi) is 2.06. The zero-order chi connectivity index (χ0) is 13.0. The van der Waals surface area contributed by atoms with Crippen molar-refractivity contribution in [1.82, 2.24) is 10.2 Å². The molecule has 1 saturated heterocycles. The van der Waals surface area contributed by atoms with Gasteiger partial charge in [0.25, 0.3) is 0 Å².